The number of fused-ring (bicyclic) bond motifs is 2. The van der Waals surface area contributed by atoms with E-state index in [-0.39, 0.29) is 18.1 Å². The van der Waals surface area contributed by atoms with Crippen molar-refractivity contribution in [1.29, 1.82) is 0 Å². The number of amides is 2. The maximum absolute atomic E-state index is 12.1. The molecule has 0 spiro atoms. The first kappa shape index (κ1) is 10.5. The topological polar surface area (TPSA) is 54.5 Å². The third-order valence-electron chi connectivity index (χ3n) is 3.37. The van der Waals surface area contributed by atoms with Gasteiger partial charge in [-0.05, 0) is 25.0 Å². The summed E-state index contributed by atoms with van der Waals surface area (Å²) in [6, 6.07) is 5.89. The number of carbonyl (C=O) groups excluding carboxylic acids is 1. The van der Waals surface area contributed by atoms with E-state index < -0.39 is 0 Å². The molecule has 0 radical (unpaired) electrons. The maximum atomic E-state index is 12.1. The first-order chi connectivity index (χ1) is 8.34. The number of rotatable bonds is 1. The monoisotopic (exact) mass is 233 g/mol. The Kier molecular flexibility index (Phi) is 2.68. The Morgan fingerprint density at radius 1 is 1.35 bits per heavy atom. The summed E-state index contributed by atoms with van der Waals surface area (Å²) in [6.07, 6.45) is 3.75. The summed E-state index contributed by atoms with van der Waals surface area (Å²) >= 11 is 0. The molecule has 2 unspecified atom stereocenters. The van der Waals surface area contributed by atoms with E-state index in [0.717, 1.165) is 12.8 Å². The summed E-state index contributed by atoms with van der Waals surface area (Å²) < 4.78 is 5.45. The molecule has 2 bridgehead atoms. The summed E-state index contributed by atoms with van der Waals surface area (Å²) in [7, 11) is 0. The van der Waals surface area contributed by atoms with Gasteiger partial charge in [0.25, 0.3) is 0 Å². The van der Waals surface area contributed by atoms with Crippen LogP contribution in [0.3, 0.4) is 0 Å². The van der Waals surface area contributed by atoms with Crippen molar-refractivity contribution in [2.24, 2.45) is 0 Å². The van der Waals surface area contributed by atoms with Crippen molar-refractivity contribution in [2.75, 3.05) is 18.5 Å². The molecule has 0 aromatic carbocycles. The minimum atomic E-state index is -0.0560. The van der Waals surface area contributed by atoms with Crippen LogP contribution in [0.5, 0.6) is 0 Å². The van der Waals surface area contributed by atoms with Gasteiger partial charge in [0, 0.05) is 6.20 Å². The van der Waals surface area contributed by atoms with Crippen molar-refractivity contribution in [1.82, 2.24) is 9.88 Å². The van der Waals surface area contributed by atoms with Crippen molar-refractivity contribution in [2.45, 2.75) is 24.9 Å². The Morgan fingerprint density at radius 2 is 2.12 bits per heavy atom. The molecule has 1 aromatic rings. The van der Waals surface area contributed by atoms with E-state index in [1.165, 1.54) is 0 Å². The smallest absolute Gasteiger partial charge is 0.323 e. The van der Waals surface area contributed by atoms with E-state index in [2.05, 4.69) is 10.3 Å². The fraction of sp³-hybridized carbons (Fsp3) is 0.500. The fourth-order valence-corrected chi connectivity index (χ4v) is 2.57. The number of carbonyl (C=O) groups is 1. The van der Waals surface area contributed by atoms with E-state index in [0.29, 0.717) is 19.0 Å². The number of hydrogen-bond donors (Lipinski definition) is 1. The fourth-order valence-electron chi connectivity index (χ4n) is 2.57. The quantitative estimate of drug-likeness (QED) is 0.799. The highest BCUT2D eigenvalue weighted by Crippen LogP contribution is 2.29. The van der Waals surface area contributed by atoms with Gasteiger partial charge in [-0.2, -0.15) is 0 Å². The van der Waals surface area contributed by atoms with Crippen LogP contribution in [0.4, 0.5) is 10.6 Å². The highest BCUT2D eigenvalue weighted by Gasteiger charge is 2.40. The second kappa shape index (κ2) is 4.33. The third kappa shape index (κ3) is 1.98. The average molecular weight is 233 g/mol. The van der Waals surface area contributed by atoms with Gasteiger partial charge in [-0.25, -0.2) is 9.78 Å². The van der Waals surface area contributed by atoms with Crippen LogP contribution >= 0.6 is 0 Å². The Hall–Kier alpha value is -1.62. The first-order valence-corrected chi connectivity index (χ1v) is 5.92. The lowest BCUT2D eigenvalue weighted by Crippen LogP contribution is -2.50. The van der Waals surface area contributed by atoms with E-state index in [4.69, 9.17) is 4.74 Å². The van der Waals surface area contributed by atoms with E-state index >= 15 is 0 Å². The van der Waals surface area contributed by atoms with Crippen molar-refractivity contribution in [3.05, 3.63) is 24.4 Å². The predicted molar refractivity (Wildman–Crippen MR) is 62.7 cm³/mol. The highest BCUT2D eigenvalue weighted by atomic mass is 16.5. The van der Waals surface area contributed by atoms with Gasteiger partial charge in [-0.1, -0.05) is 6.07 Å². The van der Waals surface area contributed by atoms with Crippen molar-refractivity contribution < 1.29 is 9.53 Å². The van der Waals surface area contributed by atoms with Crippen LogP contribution in [-0.2, 0) is 4.74 Å². The first-order valence-electron chi connectivity index (χ1n) is 5.92. The van der Waals surface area contributed by atoms with Gasteiger partial charge in [0.15, 0.2) is 0 Å². The van der Waals surface area contributed by atoms with Crippen LogP contribution < -0.4 is 5.32 Å². The Morgan fingerprint density at radius 3 is 2.76 bits per heavy atom. The molecule has 3 rings (SSSR count). The zero-order chi connectivity index (χ0) is 11.7. The molecule has 2 aliphatic heterocycles. The predicted octanol–water partition coefficient (Wildman–Crippen LogP) is 1.48. The molecule has 2 atom stereocenters. The molecule has 1 N–H and O–H groups in total. The lowest BCUT2D eigenvalue weighted by molar-refractivity contribution is 0.00947. The van der Waals surface area contributed by atoms with Crippen molar-refractivity contribution in [3.8, 4) is 0 Å². The minimum Gasteiger partial charge on any atom is -0.377 e. The van der Waals surface area contributed by atoms with Gasteiger partial charge in [0.1, 0.15) is 5.82 Å². The number of hydrogen-bond acceptors (Lipinski definition) is 3. The SMILES string of the molecule is O=C(Nc1ccccn1)N1C2CCC1COC2. The molecule has 3 heterocycles. The summed E-state index contributed by atoms with van der Waals surface area (Å²) in [6.45, 7) is 1.32. The molecule has 0 saturated carbocycles. The zero-order valence-electron chi connectivity index (χ0n) is 9.50. The van der Waals surface area contributed by atoms with Gasteiger partial charge in [0.05, 0.1) is 25.3 Å². The maximum Gasteiger partial charge on any atom is 0.323 e. The number of nitrogens with one attached hydrogen (secondary N) is 1. The van der Waals surface area contributed by atoms with Crippen LogP contribution in [0, 0.1) is 0 Å². The average Bonchev–Trinajstić information content (AvgIpc) is 2.61. The van der Waals surface area contributed by atoms with Gasteiger partial charge in [-0.15, -0.1) is 0 Å². The number of morpholine rings is 1. The number of nitrogens with zero attached hydrogens (tertiary/aromatic N) is 2. The summed E-state index contributed by atoms with van der Waals surface area (Å²) in [4.78, 5) is 18.2. The normalized spacial score (nSPS) is 26.9. The molecule has 0 aliphatic carbocycles. The van der Waals surface area contributed by atoms with Crippen LogP contribution in [0.2, 0.25) is 0 Å². The van der Waals surface area contributed by atoms with Gasteiger partial charge in [-0.3, -0.25) is 5.32 Å². The lowest BCUT2D eigenvalue weighted by Gasteiger charge is -2.34. The molecule has 2 aliphatic rings. The Balaban J connectivity index is 1.71. The van der Waals surface area contributed by atoms with E-state index in [1.807, 2.05) is 17.0 Å². The third-order valence-corrected chi connectivity index (χ3v) is 3.37. The largest absolute Gasteiger partial charge is 0.377 e. The zero-order valence-corrected chi connectivity index (χ0v) is 9.50. The second-order valence-corrected chi connectivity index (χ2v) is 4.47. The Labute approximate surface area is 99.8 Å². The number of pyridine rings is 1. The summed E-state index contributed by atoms with van der Waals surface area (Å²) in [5, 5.41) is 2.83. The number of ether oxygens (including phenoxy) is 1. The molecule has 2 saturated heterocycles. The molecule has 2 fully saturated rings. The van der Waals surface area contributed by atoms with E-state index in [9.17, 15) is 4.79 Å². The van der Waals surface area contributed by atoms with Gasteiger partial charge < -0.3 is 9.64 Å². The number of urea groups is 1. The lowest BCUT2D eigenvalue weighted by atomic mass is 10.2. The standard InChI is InChI=1S/C12H15N3O2/c16-12(14-11-3-1-2-6-13-11)15-9-4-5-10(15)8-17-7-9/h1-3,6,9-10H,4-5,7-8H2,(H,13,14,16). The number of aromatic nitrogens is 1. The molecule has 5 heteroatoms. The second-order valence-electron chi connectivity index (χ2n) is 4.47. The molecule has 1 aromatic heterocycles. The molecule has 2 amide bonds. The van der Waals surface area contributed by atoms with Crippen molar-refractivity contribution >= 4 is 11.8 Å². The van der Waals surface area contributed by atoms with Crippen LogP contribution in [0.1, 0.15) is 12.8 Å². The highest BCUT2D eigenvalue weighted by molar-refractivity contribution is 5.89. The van der Waals surface area contributed by atoms with E-state index in [1.54, 1.807) is 12.3 Å². The Bertz CT molecular complexity index is 393. The molecule has 17 heavy (non-hydrogen) atoms. The van der Waals surface area contributed by atoms with Gasteiger partial charge >= 0.3 is 6.03 Å². The molecule has 90 valence electrons. The summed E-state index contributed by atoms with van der Waals surface area (Å²) in [5.41, 5.74) is 0. The molecular weight excluding hydrogens is 218 g/mol. The molecular formula is C12H15N3O2. The van der Waals surface area contributed by atoms with Crippen LogP contribution in [-0.4, -0.2) is 41.2 Å². The van der Waals surface area contributed by atoms with Crippen LogP contribution in [0.15, 0.2) is 24.4 Å². The van der Waals surface area contributed by atoms with Crippen molar-refractivity contribution in [3.63, 3.8) is 0 Å². The molecule has 5 nitrogen and oxygen atoms in total. The number of anilines is 1. The minimum absolute atomic E-state index is 0.0560. The van der Waals surface area contributed by atoms with Crippen LogP contribution in [0.25, 0.3) is 0 Å². The summed E-state index contributed by atoms with van der Waals surface area (Å²) in [5.74, 6) is 0.600. The van der Waals surface area contributed by atoms with Gasteiger partial charge in [0.2, 0.25) is 0 Å².